The van der Waals surface area contributed by atoms with Gasteiger partial charge in [-0.1, -0.05) is 84.4 Å². The minimum atomic E-state index is 0.200. The molecule has 0 aromatic heterocycles. The summed E-state index contributed by atoms with van der Waals surface area (Å²) in [4.78, 5) is 15.0. The zero-order valence-electron chi connectivity index (χ0n) is 16.4. The molecule has 146 valence electrons. The Kier molecular flexibility index (Phi) is 6.24. The topological polar surface area (TPSA) is 20.3 Å². The second-order valence-electron chi connectivity index (χ2n) is 7.40. The van der Waals surface area contributed by atoms with Crippen molar-refractivity contribution in [2.24, 2.45) is 0 Å². The quantitative estimate of drug-likeness (QED) is 0.447. The molecule has 0 atom stereocenters. The van der Waals surface area contributed by atoms with Crippen molar-refractivity contribution in [2.75, 3.05) is 19.6 Å². The van der Waals surface area contributed by atoms with Crippen molar-refractivity contribution < 1.29 is 4.79 Å². The van der Waals surface area contributed by atoms with Crippen LogP contribution in [0.4, 0.5) is 0 Å². The van der Waals surface area contributed by atoms with Crippen molar-refractivity contribution in [3.63, 3.8) is 0 Å². The van der Waals surface area contributed by atoms with Gasteiger partial charge in [0, 0.05) is 36.6 Å². The minimum Gasteiger partial charge on any atom is -0.299 e. The summed E-state index contributed by atoms with van der Waals surface area (Å²) in [6.45, 7) is 2.72. The van der Waals surface area contributed by atoms with Crippen molar-refractivity contribution in [2.45, 2.75) is 12.8 Å². The van der Waals surface area contributed by atoms with Crippen molar-refractivity contribution in [3.8, 4) is 11.1 Å². The average Bonchev–Trinajstić information content (AvgIpc) is 2.79. The Morgan fingerprint density at radius 3 is 2.10 bits per heavy atom. The number of benzene rings is 3. The summed E-state index contributed by atoms with van der Waals surface area (Å²) in [7, 11) is 0. The molecule has 3 heteroatoms. The lowest BCUT2D eigenvalue weighted by atomic mass is 9.99. The van der Waals surface area contributed by atoms with Gasteiger partial charge in [-0.15, -0.1) is 0 Å². The van der Waals surface area contributed by atoms with Crippen LogP contribution in [0.5, 0.6) is 0 Å². The first-order valence-corrected chi connectivity index (χ1v) is 10.4. The Balaban J connectivity index is 1.31. The Morgan fingerprint density at radius 2 is 1.48 bits per heavy atom. The van der Waals surface area contributed by atoms with Crippen molar-refractivity contribution >= 4 is 23.0 Å². The maximum Gasteiger partial charge on any atom is 0.164 e. The van der Waals surface area contributed by atoms with E-state index in [4.69, 9.17) is 11.6 Å². The molecule has 0 saturated heterocycles. The predicted octanol–water partition coefficient (Wildman–Crippen LogP) is 6.37. The third-order valence-corrected chi connectivity index (χ3v) is 5.73. The van der Waals surface area contributed by atoms with Gasteiger partial charge in [0.15, 0.2) is 5.78 Å². The summed E-state index contributed by atoms with van der Waals surface area (Å²) < 4.78 is 0. The zero-order valence-corrected chi connectivity index (χ0v) is 17.1. The maximum absolute atomic E-state index is 12.6. The highest BCUT2D eigenvalue weighted by Gasteiger charge is 2.14. The molecule has 3 aromatic carbocycles. The Hall–Kier alpha value is -2.68. The van der Waals surface area contributed by atoms with Gasteiger partial charge in [-0.2, -0.15) is 0 Å². The fourth-order valence-corrected chi connectivity index (χ4v) is 3.85. The van der Waals surface area contributed by atoms with Crippen LogP contribution in [0, 0.1) is 0 Å². The first-order chi connectivity index (χ1) is 14.2. The lowest BCUT2D eigenvalue weighted by Crippen LogP contribution is -2.30. The molecular weight excluding hydrogens is 378 g/mol. The van der Waals surface area contributed by atoms with Crippen LogP contribution >= 0.6 is 11.6 Å². The number of Topliss-reactive ketones (excluding diaryl/α,β-unsaturated/α-hetero) is 1. The van der Waals surface area contributed by atoms with Crippen LogP contribution in [-0.4, -0.2) is 30.3 Å². The third kappa shape index (κ3) is 5.03. The van der Waals surface area contributed by atoms with Gasteiger partial charge in [0.2, 0.25) is 0 Å². The standard InChI is InChI=1S/C26H24ClNO/c27-25-12-10-22(11-13-25)21-6-8-24(9-7-21)26(29)16-19-28-17-14-23(15-18-28)20-4-2-1-3-5-20/h1-14H,15-19H2. The number of carbonyl (C=O) groups excluding carboxylic acids is 1. The third-order valence-electron chi connectivity index (χ3n) is 5.48. The number of hydrogen-bond acceptors (Lipinski definition) is 2. The van der Waals surface area contributed by atoms with Crippen LogP contribution in [0.3, 0.4) is 0 Å². The summed E-state index contributed by atoms with van der Waals surface area (Å²) >= 11 is 5.95. The molecule has 1 aliphatic rings. The lowest BCUT2D eigenvalue weighted by molar-refractivity contribution is 0.0966. The minimum absolute atomic E-state index is 0.200. The number of hydrogen-bond donors (Lipinski definition) is 0. The lowest BCUT2D eigenvalue weighted by Gasteiger charge is -2.26. The van der Waals surface area contributed by atoms with E-state index in [-0.39, 0.29) is 5.78 Å². The smallest absolute Gasteiger partial charge is 0.164 e. The molecule has 0 radical (unpaired) electrons. The molecule has 4 rings (SSSR count). The fourth-order valence-electron chi connectivity index (χ4n) is 3.72. The van der Waals surface area contributed by atoms with E-state index in [9.17, 15) is 4.79 Å². The molecule has 0 N–H and O–H groups in total. The Morgan fingerprint density at radius 1 is 0.828 bits per heavy atom. The molecule has 0 spiro atoms. The molecule has 2 nitrogen and oxygen atoms in total. The summed E-state index contributed by atoms with van der Waals surface area (Å²) in [5.41, 5.74) is 5.69. The van der Waals surface area contributed by atoms with E-state index in [2.05, 4.69) is 35.2 Å². The van der Waals surface area contributed by atoms with Crippen LogP contribution in [0.2, 0.25) is 5.02 Å². The fraction of sp³-hybridized carbons (Fsp3) is 0.192. The van der Waals surface area contributed by atoms with Crippen molar-refractivity contribution in [1.82, 2.24) is 4.90 Å². The normalized spacial score (nSPS) is 14.4. The van der Waals surface area contributed by atoms with E-state index in [0.29, 0.717) is 6.42 Å². The van der Waals surface area contributed by atoms with Crippen LogP contribution in [0.25, 0.3) is 16.7 Å². The summed E-state index contributed by atoms with van der Waals surface area (Å²) in [6, 6.07) is 26.2. The molecule has 1 aliphatic heterocycles. The van der Waals surface area contributed by atoms with Gasteiger partial charge in [0.1, 0.15) is 0 Å². The van der Waals surface area contributed by atoms with Gasteiger partial charge in [0.25, 0.3) is 0 Å². The van der Waals surface area contributed by atoms with Gasteiger partial charge >= 0.3 is 0 Å². The number of carbonyl (C=O) groups is 1. The van der Waals surface area contributed by atoms with Gasteiger partial charge in [0.05, 0.1) is 0 Å². The van der Waals surface area contributed by atoms with E-state index in [1.165, 1.54) is 11.1 Å². The SMILES string of the molecule is O=C(CCN1CC=C(c2ccccc2)CC1)c1ccc(-c2ccc(Cl)cc2)cc1. The maximum atomic E-state index is 12.6. The molecule has 0 amide bonds. The number of nitrogens with zero attached hydrogens (tertiary/aromatic N) is 1. The van der Waals surface area contributed by atoms with Gasteiger partial charge in [-0.05, 0) is 40.8 Å². The second-order valence-corrected chi connectivity index (χ2v) is 7.84. The Bertz CT molecular complexity index is 991. The highest BCUT2D eigenvalue weighted by atomic mass is 35.5. The average molecular weight is 402 g/mol. The van der Waals surface area contributed by atoms with E-state index < -0.39 is 0 Å². The van der Waals surface area contributed by atoms with Gasteiger partial charge in [-0.3, -0.25) is 9.69 Å². The summed E-state index contributed by atoms with van der Waals surface area (Å²) in [5, 5.41) is 0.726. The second kappa shape index (κ2) is 9.21. The van der Waals surface area contributed by atoms with Crippen LogP contribution in [0.1, 0.15) is 28.8 Å². The summed E-state index contributed by atoms with van der Waals surface area (Å²) in [5.74, 6) is 0.200. The Labute approximate surface area is 177 Å². The highest BCUT2D eigenvalue weighted by molar-refractivity contribution is 6.30. The van der Waals surface area contributed by atoms with Crippen LogP contribution in [-0.2, 0) is 0 Å². The largest absolute Gasteiger partial charge is 0.299 e. The predicted molar refractivity (Wildman–Crippen MR) is 121 cm³/mol. The highest BCUT2D eigenvalue weighted by Crippen LogP contribution is 2.23. The number of rotatable bonds is 6. The molecule has 3 aromatic rings. The number of ketones is 1. The molecular formula is C26H24ClNO. The number of halogens is 1. The monoisotopic (exact) mass is 401 g/mol. The molecule has 0 unspecified atom stereocenters. The molecule has 0 aliphatic carbocycles. The van der Waals surface area contributed by atoms with E-state index in [1.54, 1.807) is 0 Å². The first-order valence-electron chi connectivity index (χ1n) is 10.0. The zero-order chi connectivity index (χ0) is 20.1. The molecule has 0 fully saturated rings. The van der Waals surface area contributed by atoms with Gasteiger partial charge < -0.3 is 0 Å². The van der Waals surface area contributed by atoms with Crippen LogP contribution < -0.4 is 0 Å². The van der Waals surface area contributed by atoms with E-state index >= 15 is 0 Å². The molecule has 0 saturated carbocycles. The van der Waals surface area contributed by atoms with Gasteiger partial charge in [-0.25, -0.2) is 0 Å². The summed E-state index contributed by atoms with van der Waals surface area (Å²) in [6.07, 6.45) is 3.88. The molecule has 29 heavy (non-hydrogen) atoms. The molecule has 0 bridgehead atoms. The first kappa shape index (κ1) is 19.6. The van der Waals surface area contributed by atoms with E-state index in [1.807, 2.05) is 54.6 Å². The molecule has 1 heterocycles. The van der Waals surface area contributed by atoms with Crippen LogP contribution in [0.15, 0.2) is 84.9 Å². The van der Waals surface area contributed by atoms with E-state index in [0.717, 1.165) is 47.8 Å². The van der Waals surface area contributed by atoms with Crippen molar-refractivity contribution in [3.05, 3.63) is 101 Å². The van der Waals surface area contributed by atoms with Crippen molar-refractivity contribution in [1.29, 1.82) is 0 Å².